The quantitative estimate of drug-likeness (QED) is 0.523. The highest BCUT2D eigenvalue weighted by Crippen LogP contribution is 2.16. The van der Waals surface area contributed by atoms with Crippen LogP contribution < -0.4 is 0 Å². The SMILES string of the molecule is O=C(P)c1cc(Cl)nc(Cl)c1. The topological polar surface area (TPSA) is 30.0 Å². The van der Waals surface area contributed by atoms with Crippen molar-refractivity contribution in [1.29, 1.82) is 0 Å². The highest BCUT2D eigenvalue weighted by molar-refractivity contribution is 7.41. The largest absolute Gasteiger partial charge is 0.290 e. The number of hydrogen-bond acceptors (Lipinski definition) is 2. The van der Waals surface area contributed by atoms with Crippen molar-refractivity contribution in [2.45, 2.75) is 0 Å². The summed E-state index contributed by atoms with van der Waals surface area (Å²) in [6, 6.07) is 2.92. The molecule has 1 rings (SSSR count). The maximum Gasteiger partial charge on any atom is 0.178 e. The van der Waals surface area contributed by atoms with E-state index in [1.165, 1.54) is 12.1 Å². The average Bonchev–Trinajstić information content (AvgIpc) is 1.85. The lowest BCUT2D eigenvalue weighted by molar-refractivity contribution is 0.108. The monoisotopic (exact) mass is 207 g/mol. The van der Waals surface area contributed by atoms with Gasteiger partial charge in [0.25, 0.3) is 0 Å². The van der Waals surface area contributed by atoms with Gasteiger partial charge in [-0.3, -0.25) is 4.79 Å². The van der Waals surface area contributed by atoms with Gasteiger partial charge in [0.05, 0.1) is 0 Å². The minimum atomic E-state index is -0.156. The number of carbonyl (C=O) groups is 1. The van der Waals surface area contributed by atoms with E-state index in [0.29, 0.717) is 5.56 Å². The fourth-order valence-electron chi connectivity index (χ4n) is 0.607. The first-order chi connectivity index (χ1) is 5.09. The van der Waals surface area contributed by atoms with Gasteiger partial charge in [0, 0.05) is 5.56 Å². The van der Waals surface area contributed by atoms with Gasteiger partial charge in [-0.05, 0) is 12.1 Å². The smallest absolute Gasteiger partial charge is 0.178 e. The van der Waals surface area contributed by atoms with Gasteiger partial charge in [0.1, 0.15) is 10.3 Å². The Morgan fingerprint density at radius 3 is 2.18 bits per heavy atom. The molecule has 0 aromatic carbocycles. The molecule has 0 fully saturated rings. The molecule has 0 aliphatic carbocycles. The highest BCUT2D eigenvalue weighted by Gasteiger charge is 2.02. The molecule has 1 atom stereocenters. The number of carbonyl (C=O) groups excluding carboxylic acids is 1. The van der Waals surface area contributed by atoms with Crippen LogP contribution in [0.3, 0.4) is 0 Å². The fourth-order valence-corrected chi connectivity index (χ4v) is 1.23. The molecule has 0 saturated carbocycles. The zero-order valence-corrected chi connectivity index (χ0v) is 8.01. The van der Waals surface area contributed by atoms with Crippen molar-refractivity contribution in [1.82, 2.24) is 4.98 Å². The standard InChI is InChI=1S/C6H4Cl2NOP/c7-4-1-3(6(10)11)2-5(8)9-4/h1-2H,11H2. The molecular formula is C6H4Cl2NOP. The molecular weight excluding hydrogens is 204 g/mol. The summed E-state index contributed by atoms with van der Waals surface area (Å²) in [5.41, 5.74) is 0.288. The van der Waals surface area contributed by atoms with E-state index < -0.39 is 0 Å². The summed E-state index contributed by atoms with van der Waals surface area (Å²) < 4.78 is 0. The molecule has 5 heteroatoms. The van der Waals surface area contributed by atoms with E-state index in [2.05, 4.69) is 4.98 Å². The normalized spacial score (nSPS) is 9.73. The Kier molecular flexibility index (Phi) is 2.83. The lowest BCUT2D eigenvalue weighted by Gasteiger charge is -1.95. The second-order valence-electron chi connectivity index (χ2n) is 1.87. The predicted molar refractivity (Wildman–Crippen MR) is 48.3 cm³/mol. The first kappa shape index (κ1) is 8.92. The van der Waals surface area contributed by atoms with Crippen LogP contribution in [0, 0.1) is 0 Å². The van der Waals surface area contributed by atoms with Crippen LogP contribution in [0.2, 0.25) is 10.3 Å². The van der Waals surface area contributed by atoms with E-state index in [4.69, 9.17) is 23.2 Å². The van der Waals surface area contributed by atoms with Crippen molar-refractivity contribution >= 4 is 38.0 Å². The predicted octanol–water partition coefficient (Wildman–Crippen LogP) is 2.40. The van der Waals surface area contributed by atoms with Gasteiger partial charge in [0.2, 0.25) is 0 Å². The molecule has 0 spiro atoms. The Labute approximate surface area is 76.1 Å². The molecule has 0 radical (unpaired) electrons. The fraction of sp³-hybridized carbons (Fsp3) is 0. The number of nitrogens with zero attached hydrogens (tertiary/aromatic N) is 1. The van der Waals surface area contributed by atoms with E-state index in [1.54, 1.807) is 0 Å². The van der Waals surface area contributed by atoms with Crippen molar-refractivity contribution < 1.29 is 4.79 Å². The molecule has 2 nitrogen and oxygen atoms in total. The molecule has 0 bridgehead atoms. The van der Waals surface area contributed by atoms with Crippen LogP contribution in [0.15, 0.2) is 12.1 Å². The van der Waals surface area contributed by atoms with Crippen LogP contribution in [0.1, 0.15) is 10.4 Å². The molecule has 1 heterocycles. The second-order valence-corrected chi connectivity index (χ2v) is 3.16. The van der Waals surface area contributed by atoms with E-state index in [-0.39, 0.29) is 15.8 Å². The van der Waals surface area contributed by atoms with Crippen LogP contribution in [0.4, 0.5) is 0 Å². The summed E-state index contributed by atoms with van der Waals surface area (Å²) in [7, 11) is 2.03. The Bertz CT molecular complexity index is 282. The van der Waals surface area contributed by atoms with Crippen molar-refractivity contribution in [2.24, 2.45) is 0 Å². The van der Waals surface area contributed by atoms with Crippen LogP contribution in [-0.4, -0.2) is 10.5 Å². The van der Waals surface area contributed by atoms with E-state index >= 15 is 0 Å². The molecule has 0 aliphatic heterocycles. The van der Waals surface area contributed by atoms with Crippen molar-refractivity contribution in [3.63, 3.8) is 0 Å². The summed E-state index contributed by atoms with van der Waals surface area (Å²) in [6.07, 6.45) is 0. The van der Waals surface area contributed by atoms with Crippen molar-refractivity contribution in [2.75, 3.05) is 0 Å². The third kappa shape index (κ3) is 2.41. The molecule has 11 heavy (non-hydrogen) atoms. The Hall–Kier alpha value is -0.170. The minimum Gasteiger partial charge on any atom is -0.290 e. The molecule has 0 amide bonds. The summed E-state index contributed by atoms with van der Waals surface area (Å²) in [6.45, 7) is 0. The van der Waals surface area contributed by atoms with Gasteiger partial charge in [-0.25, -0.2) is 4.98 Å². The van der Waals surface area contributed by atoms with E-state index in [9.17, 15) is 4.79 Å². The van der Waals surface area contributed by atoms with Crippen molar-refractivity contribution in [3.8, 4) is 0 Å². The average molecular weight is 208 g/mol. The van der Waals surface area contributed by atoms with Gasteiger partial charge in [-0.2, -0.15) is 0 Å². The van der Waals surface area contributed by atoms with Crippen LogP contribution in [-0.2, 0) is 0 Å². The summed E-state index contributed by atoms with van der Waals surface area (Å²) in [5.74, 6) is 0. The molecule has 1 aromatic rings. The Balaban J connectivity index is 3.19. The molecule has 58 valence electrons. The molecule has 1 aromatic heterocycles. The van der Waals surface area contributed by atoms with Gasteiger partial charge in [-0.1, -0.05) is 32.4 Å². The number of halogens is 2. The maximum atomic E-state index is 10.8. The van der Waals surface area contributed by atoms with E-state index in [0.717, 1.165) is 0 Å². The third-order valence-corrected chi connectivity index (χ3v) is 1.77. The third-order valence-electron chi connectivity index (χ3n) is 1.05. The Morgan fingerprint density at radius 2 is 1.82 bits per heavy atom. The number of rotatable bonds is 1. The van der Waals surface area contributed by atoms with Crippen LogP contribution in [0.5, 0.6) is 0 Å². The zero-order chi connectivity index (χ0) is 8.43. The molecule has 0 saturated heterocycles. The first-order valence-corrected chi connectivity index (χ1v) is 4.06. The van der Waals surface area contributed by atoms with Gasteiger partial charge in [-0.15, -0.1) is 0 Å². The minimum absolute atomic E-state index is 0.156. The number of pyridine rings is 1. The zero-order valence-electron chi connectivity index (χ0n) is 5.34. The summed E-state index contributed by atoms with van der Waals surface area (Å²) in [5, 5.41) is 0.451. The van der Waals surface area contributed by atoms with Crippen LogP contribution in [0.25, 0.3) is 0 Å². The molecule has 0 aliphatic rings. The first-order valence-electron chi connectivity index (χ1n) is 2.72. The van der Waals surface area contributed by atoms with E-state index in [1.807, 2.05) is 9.24 Å². The highest BCUT2D eigenvalue weighted by atomic mass is 35.5. The molecule has 1 unspecified atom stereocenters. The lowest BCUT2D eigenvalue weighted by Crippen LogP contribution is -1.89. The molecule has 0 N–H and O–H groups in total. The summed E-state index contributed by atoms with van der Waals surface area (Å²) in [4.78, 5) is 14.5. The number of aromatic nitrogens is 1. The lowest BCUT2D eigenvalue weighted by atomic mass is 10.3. The van der Waals surface area contributed by atoms with Gasteiger partial charge < -0.3 is 0 Å². The van der Waals surface area contributed by atoms with Gasteiger partial charge >= 0.3 is 0 Å². The summed E-state index contributed by atoms with van der Waals surface area (Å²) >= 11 is 11.1. The second kappa shape index (κ2) is 3.48. The van der Waals surface area contributed by atoms with Crippen molar-refractivity contribution in [3.05, 3.63) is 28.0 Å². The number of hydrogen-bond donors (Lipinski definition) is 0. The van der Waals surface area contributed by atoms with Crippen LogP contribution >= 0.6 is 32.4 Å². The van der Waals surface area contributed by atoms with Gasteiger partial charge in [0.15, 0.2) is 5.52 Å². The Morgan fingerprint density at radius 1 is 1.36 bits per heavy atom. The maximum absolute atomic E-state index is 10.8.